The van der Waals surface area contributed by atoms with E-state index in [1.165, 1.54) is 0 Å². The highest BCUT2D eigenvalue weighted by Crippen LogP contribution is 2.23. The topological polar surface area (TPSA) is 183 Å². The van der Waals surface area contributed by atoms with Gasteiger partial charge < -0.3 is 36.0 Å². The second kappa shape index (κ2) is 7.11. The zero-order valence-corrected chi connectivity index (χ0v) is 11.2. The van der Waals surface area contributed by atoms with Gasteiger partial charge in [0.05, 0.1) is 13.2 Å². The number of aliphatic hydroxyl groups is 4. The monoisotopic (exact) mass is 308 g/mol. The van der Waals surface area contributed by atoms with Crippen molar-refractivity contribution >= 4 is 11.9 Å². The van der Waals surface area contributed by atoms with Crippen LogP contribution in [0.4, 0.5) is 0 Å². The number of carboxylic acids is 1. The van der Waals surface area contributed by atoms with Gasteiger partial charge in [-0.3, -0.25) is 14.9 Å². The SMILES string of the molecule is NC(=O)CC[C@H](NCC1(O)OC[C@@H](O)[C@@H](O)[C@@H]1O)C(=O)O. The summed E-state index contributed by atoms with van der Waals surface area (Å²) in [6.45, 7) is -0.941. The Hall–Kier alpha value is -1.30. The summed E-state index contributed by atoms with van der Waals surface area (Å²) >= 11 is 0. The molecular weight excluding hydrogens is 288 g/mol. The number of nitrogens with one attached hydrogen (secondary N) is 1. The average Bonchev–Trinajstić information content (AvgIpc) is 2.40. The molecule has 10 nitrogen and oxygen atoms in total. The highest BCUT2D eigenvalue weighted by Gasteiger charge is 2.48. The molecule has 0 aliphatic carbocycles. The van der Waals surface area contributed by atoms with E-state index < -0.39 is 55.2 Å². The van der Waals surface area contributed by atoms with Gasteiger partial charge in [0.25, 0.3) is 0 Å². The van der Waals surface area contributed by atoms with E-state index in [4.69, 9.17) is 15.6 Å². The Morgan fingerprint density at radius 1 is 1.38 bits per heavy atom. The van der Waals surface area contributed by atoms with Crippen molar-refractivity contribution in [1.29, 1.82) is 0 Å². The molecule has 1 unspecified atom stereocenters. The number of rotatable bonds is 7. The van der Waals surface area contributed by atoms with Gasteiger partial charge in [-0.15, -0.1) is 0 Å². The summed E-state index contributed by atoms with van der Waals surface area (Å²) in [5.74, 6) is -4.20. The van der Waals surface area contributed by atoms with E-state index in [-0.39, 0.29) is 12.8 Å². The fourth-order valence-electron chi connectivity index (χ4n) is 1.92. The third-order valence-electron chi connectivity index (χ3n) is 3.26. The largest absolute Gasteiger partial charge is 0.480 e. The Bertz CT molecular complexity index is 392. The van der Waals surface area contributed by atoms with Crippen LogP contribution in [0.3, 0.4) is 0 Å². The summed E-state index contributed by atoms with van der Waals surface area (Å²) in [4.78, 5) is 21.7. The molecule has 0 aromatic rings. The first-order chi connectivity index (χ1) is 9.67. The Labute approximate surface area is 120 Å². The third kappa shape index (κ3) is 4.59. The van der Waals surface area contributed by atoms with Crippen molar-refractivity contribution in [3.63, 3.8) is 0 Å². The molecule has 1 amide bonds. The first kappa shape index (κ1) is 17.8. The highest BCUT2D eigenvalue weighted by molar-refractivity contribution is 5.77. The molecule has 5 atom stereocenters. The standard InChI is InChI=1S/C11H20N2O8/c12-7(15)2-1-5(10(18)19)13-4-11(20)9(17)8(16)6(14)3-21-11/h5-6,8-9,13-14,16-17,20H,1-4H2,(H2,12,15)(H,18,19)/t5-,6+,8+,9-,11?/m0/s1. The number of carboxylic acid groups (broad SMARTS) is 1. The van der Waals surface area contributed by atoms with Gasteiger partial charge in [-0.1, -0.05) is 0 Å². The van der Waals surface area contributed by atoms with Crippen LogP contribution in [0.2, 0.25) is 0 Å². The lowest BCUT2D eigenvalue weighted by Gasteiger charge is -2.42. The number of primary amides is 1. The van der Waals surface area contributed by atoms with Crippen molar-refractivity contribution in [2.45, 2.75) is 43.0 Å². The fourth-order valence-corrected chi connectivity index (χ4v) is 1.92. The predicted octanol–water partition coefficient (Wildman–Crippen LogP) is -3.90. The van der Waals surface area contributed by atoms with Crippen LogP contribution in [0.15, 0.2) is 0 Å². The molecule has 1 heterocycles. The number of hydrogen-bond acceptors (Lipinski definition) is 8. The number of aliphatic carboxylic acids is 1. The van der Waals surface area contributed by atoms with Gasteiger partial charge in [0.2, 0.25) is 11.7 Å². The van der Waals surface area contributed by atoms with Gasteiger partial charge in [-0.25, -0.2) is 0 Å². The lowest BCUT2D eigenvalue weighted by Crippen LogP contribution is -2.65. The van der Waals surface area contributed by atoms with Crippen LogP contribution in [-0.2, 0) is 14.3 Å². The van der Waals surface area contributed by atoms with Gasteiger partial charge in [-0.05, 0) is 6.42 Å². The van der Waals surface area contributed by atoms with Gasteiger partial charge in [0.1, 0.15) is 24.4 Å². The summed E-state index contributed by atoms with van der Waals surface area (Å²) in [5.41, 5.74) is 4.93. The first-order valence-electron chi connectivity index (χ1n) is 6.32. The van der Waals surface area contributed by atoms with E-state index in [1.54, 1.807) is 0 Å². The summed E-state index contributed by atoms with van der Waals surface area (Å²) in [6.07, 6.45) is -5.08. The number of carbonyl (C=O) groups is 2. The Morgan fingerprint density at radius 3 is 2.52 bits per heavy atom. The maximum Gasteiger partial charge on any atom is 0.320 e. The summed E-state index contributed by atoms with van der Waals surface area (Å²) in [7, 11) is 0. The fraction of sp³-hybridized carbons (Fsp3) is 0.818. The van der Waals surface area contributed by atoms with Crippen LogP contribution in [0, 0.1) is 0 Å². The molecule has 0 saturated carbocycles. The smallest absolute Gasteiger partial charge is 0.320 e. The minimum atomic E-state index is -2.25. The first-order valence-corrected chi connectivity index (χ1v) is 6.32. The lowest BCUT2D eigenvalue weighted by molar-refractivity contribution is -0.318. The van der Waals surface area contributed by atoms with Gasteiger partial charge >= 0.3 is 5.97 Å². The molecule has 0 bridgehead atoms. The van der Waals surface area contributed by atoms with Crippen LogP contribution in [0.5, 0.6) is 0 Å². The van der Waals surface area contributed by atoms with Crippen molar-refractivity contribution in [1.82, 2.24) is 5.32 Å². The van der Waals surface area contributed by atoms with E-state index >= 15 is 0 Å². The van der Waals surface area contributed by atoms with Crippen molar-refractivity contribution in [3.05, 3.63) is 0 Å². The Balaban J connectivity index is 2.61. The molecule has 10 heteroatoms. The minimum Gasteiger partial charge on any atom is -0.480 e. The normalized spacial score (nSPS) is 34.4. The minimum absolute atomic E-state index is 0.109. The van der Waals surface area contributed by atoms with Crippen LogP contribution in [0.25, 0.3) is 0 Å². The predicted molar refractivity (Wildman–Crippen MR) is 66.8 cm³/mol. The van der Waals surface area contributed by atoms with Crippen LogP contribution >= 0.6 is 0 Å². The number of nitrogens with two attached hydrogens (primary N) is 1. The van der Waals surface area contributed by atoms with E-state index in [0.717, 1.165) is 0 Å². The summed E-state index contributed by atoms with van der Waals surface area (Å²) in [5, 5.41) is 49.9. The molecule has 1 saturated heterocycles. The molecule has 122 valence electrons. The number of amides is 1. The van der Waals surface area contributed by atoms with Crippen molar-refractivity contribution < 1.29 is 39.9 Å². The van der Waals surface area contributed by atoms with Crippen molar-refractivity contribution in [3.8, 4) is 0 Å². The third-order valence-corrected chi connectivity index (χ3v) is 3.26. The molecule has 1 aliphatic rings. The van der Waals surface area contributed by atoms with Gasteiger partial charge in [-0.2, -0.15) is 0 Å². The van der Waals surface area contributed by atoms with Crippen LogP contribution in [-0.4, -0.2) is 80.7 Å². The molecule has 0 aromatic carbocycles. The molecule has 21 heavy (non-hydrogen) atoms. The lowest BCUT2D eigenvalue weighted by atomic mass is 9.96. The number of carbonyl (C=O) groups excluding carboxylic acids is 1. The van der Waals surface area contributed by atoms with Crippen LogP contribution < -0.4 is 11.1 Å². The second-order valence-corrected chi connectivity index (χ2v) is 4.94. The molecule has 0 aromatic heterocycles. The van der Waals surface area contributed by atoms with Gasteiger partial charge in [0.15, 0.2) is 0 Å². The Morgan fingerprint density at radius 2 is 2.00 bits per heavy atom. The molecule has 0 spiro atoms. The average molecular weight is 308 g/mol. The Kier molecular flexibility index (Phi) is 6.01. The molecular formula is C11H20N2O8. The molecule has 0 radical (unpaired) electrons. The zero-order valence-electron chi connectivity index (χ0n) is 11.2. The molecule has 1 aliphatic heterocycles. The van der Waals surface area contributed by atoms with Crippen molar-refractivity contribution in [2.24, 2.45) is 5.73 Å². The molecule has 1 rings (SSSR count). The van der Waals surface area contributed by atoms with E-state index in [0.29, 0.717) is 0 Å². The maximum absolute atomic E-state index is 11.0. The van der Waals surface area contributed by atoms with E-state index in [9.17, 15) is 30.0 Å². The molecule has 1 fully saturated rings. The summed E-state index contributed by atoms with van der Waals surface area (Å²) in [6, 6.07) is -1.19. The van der Waals surface area contributed by atoms with Crippen molar-refractivity contribution in [2.75, 3.05) is 13.2 Å². The second-order valence-electron chi connectivity index (χ2n) is 4.94. The number of aliphatic hydroxyl groups excluding tert-OH is 3. The molecule has 8 N–H and O–H groups in total. The maximum atomic E-state index is 11.0. The summed E-state index contributed by atoms with van der Waals surface area (Å²) < 4.78 is 4.86. The number of hydrogen-bond donors (Lipinski definition) is 7. The van der Waals surface area contributed by atoms with Gasteiger partial charge in [0, 0.05) is 6.42 Å². The number of ether oxygens (including phenoxy) is 1. The highest BCUT2D eigenvalue weighted by atomic mass is 16.6. The quantitative estimate of drug-likeness (QED) is 0.247. The van der Waals surface area contributed by atoms with Crippen LogP contribution in [0.1, 0.15) is 12.8 Å². The van der Waals surface area contributed by atoms with E-state index in [1.807, 2.05) is 0 Å². The van der Waals surface area contributed by atoms with E-state index in [2.05, 4.69) is 5.32 Å². The zero-order chi connectivity index (χ0) is 16.2.